The van der Waals surface area contributed by atoms with Crippen LogP contribution in [0.1, 0.15) is 29.9 Å². The third-order valence-corrected chi connectivity index (χ3v) is 6.38. The van der Waals surface area contributed by atoms with E-state index < -0.39 is 0 Å². The number of hydrogen-bond acceptors (Lipinski definition) is 5. The van der Waals surface area contributed by atoms with Gasteiger partial charge in [-0.3, -0.25) is 9.59 Å². The fraction of sp³-hybridized carbons (Fsp3) is 0.529. The Bertz CT molecular complexity index is 531. The van der Waals surface area contributed by atoms with Crippen molar-refractivity contribution < 1.29 is 14.3 Å². The molecule has 1 aliphatic rings. The average molecular weight is 369 g/mol. The monoisotopic (exact) mass is 368 g/mol. The average Bonchev–Trinajstić information content (AvgIpc) is 2.64. The Kier molecular flexibility index (Phi) is 8.32. The first-order valence-electron chi connectivity index (χ1n) is 8.18. The smallest absolute Gasteiger partial charge is 0.258 e. The summed E-state index contributed by atoms with van der Waals surface area (Å²) < 4.78 is 5.96. The molecule has 0 bridgehead atoms. The van der Waals surface area contributed by atoms with E-state index in [1.54, 1.807) is 0 Å². The van der Waals surface area contributed by atoms with Gasteiger partial charge in [-0.25, -0.2) is 0 Å². The van der Waals surface area contributed by atoms with Gasteiger partial charge in [0.1, 0.15) is 5.75 Å². The third-order valence-electron chi connectivity index (χ3n) is 3.37. The third kappa shape index (κ3) is 6.65. The van der Waals surface area contributed by atoms with Crippen LogP contribution in [0.25, 0.3) is 0 Å². The molecule has 1 heterocycles. The quantitative estimate of drug-likeness (QED) is 0.738. The number of carbonyl (C=O) groups excluding carboxylic acids is 2. The number of thioether (sulfide) groups is 2. The number of hydrogen-bond donors (Lipinski definition) is 2. The van der Waals surface area contributed by atoms with Crippen LogP contribution in [0, 0.1) is 0 Å². The molecule has 2 rings (SSSR count). The van der Waals surface area contributed by atoms with Crippen molar-refractivity contribution >= 4 is 35.3 Å². The van der Waals surface area contributed by atoms with Gasteiger partial charge < -0.3 is 15.4 Å². The standard InChI is InChI=1S/C17H24N2O3S2/c1-2-8-18-15(20)11-19-16(21)12-22-14-6-4-13(5-7-14)17-23-9-3-10-24-17/h4-7,17H,2-3,8-12H2,1H3,(H,18,20)(H,19,21). The largest absolute Gasteiger partial charge is 0.484 e. The number of benzene rings is 1. The maximum Gasteiger partial charge on any atom is 0.258 e. The summed E-state index contributed by atoms with van der Waals surface area (Å²) in [5.74, 6) is 2.60. The second-order valence-electron chi connectivity index (χ2n) is 5.41. The van der Waals surface area contributed by atoms with E-state index in [2.05, 4.69) is 22.8 Å². The molecule has 1 aromatic carbocycles. The normalized spacial score (nSPS) is 14.9. The van der Waals surface area contributed by atoms with Crippen LogP contribution in [0.4, 0.5) is 0 Å². The zero-order chi connectivity index (χ0) is 17.2. The van der Waals surface area contributed by atoms with Crippen LogP contribution in [-0.4, -0.2) is 43.0 Å². The summed E-state index contributed by atoms with van der Waals surface area (Å²) in [7, 11) is 0. The van der Waals surface area contributed by atoms with Gasteiger partial charge in [-0.15, -0.1) is 23.5 Å². The number of rotatable bonds is 8. The maximum absolute atomic E-state index is 11.7. The molecule has 0 aromatic heterocycles. The summed E-state index contributed by atoms with van der Waals surface area (Å²) in [6.07, 6.45) is 2.15. The van der Waals surface area contributed by atoms with Crippen LogP contribution >= 0.6 is 23.5 Å². The summed E-state index contributed by atoms with van der Waals surface area (Å²) in [6.45, 7) is 2.49. The van der Waals surface area contributed by atoms with Gasteiger partial charge in [0, 0.05) is 6.54 Å². The van der Waals surface area contributed by atoms with Crippen molar-refractivity contribution in [3.05, 3.63) is 29.8 Å². The fourth-order valence-electron chi connectivity index (χ4n) is 2.11. The van der Waals surface area contributed by atoms with Crippen LogP contribution in [0.15, 0.2) is 24.3 Å². The molecule has 0 atom stereocenters. The molecule has 1 fully saturated rings. The molecule has 5 nitrogen and oxygen atoms in total. The number of carbonyl (C=O) groups is 2. The predicted molar refractivity (Wildman–Crippen MR) is 101 cm³/mol. The van der Waals surface area contributed by atoms with Crippen LogP contribution < -0.4 is 15.4 Å². The van der Waals surface area contributed by atoms with Crippen molar-refractivity contribution in [1.29, 1.82) is 0 Å². The topological polar surface area (TPSA) is 67.4 Å². The van der Waals surface area contributed by atoms with Crippen LogP contribution in [0.3, 0.4) is 0 Å². The molecule has 2 N–H and O–H groups in total. The summed E-state index contributed by atoms with van der Waals surface area (Å²) in [5, 5.41) is 5.24. The van der Waals surface area contributed by atoms with Crippen molar-refractivity contribution in [3.63, 3.8) is 0 Å². The van der Waals surface area contributed by atoms with Crippen molar-refractivity contribution in [1.82, 2.24) is 10.6 Å². The summed E-state index contributed by atoms with van der Waals surface area (Å²) >= 11 is 3.95. The Morgan fingerprint density at radius 3 is 2.50 bits per heavy atom. The van der Waals surface area contributed by atoms with Crippen LogP contribution in [0.2, 0.25) is 0 Å². The Balaban J connectivity index is 1.69. The van der Waals surface area contributed by atoms with Gasteiger partial charge >= 0.3 is 0 Å². The Labute approximate surface area is 151 Å². The van der Waals surface area contributed by atoms with E-state index >= 15 is 0 Å². The van der Waals surface area contributed by atoms with E-state index in [9.17, 15) is 9.59 Å². The highest BCUT2D eigenvalue weighted by Gasteiger charge is 2.16. The van der Waals surface area contributed by atoms with Crippen molar-refractivity contribution in [2.24, 2.45) is 0 Å². The van der Waals surface area contributed by atoms with Crippen LogP contribution in [0.5, 0.6) is 5.75 Å². The minimum absolute atomic E-state index is 0.0166. The molecular weight excluding hydrogens is 344 g/mol. The Hall–Kier alpha value is -1.34. The fourth-order valence-corrected chi connectivity index (χ4v) is 5.00. The van der Waals surface area contributed by atoms with Gasteiger partial charge in [-0.05, 0) is 42.0 Å². The lowest BCUT2D eigenvalue weighted by Crippen LogP contribution is -2.39. The highest BCUT2D eigenvalue weighted by atomic mass is 32.2. The van der Waals surface area contributed by atoms with E-state index in [0.717, 1.165) is 6.42 Å². The van der Waals surface area contributed by atoms with Gasteiger partial charge in [-0.1, -0.05) is 19.1 Å². The Morgan fingerprint density at radius 2 is 1.83 bits per heavy atom. The first-order chi connectivity index (χ1) is 11.7. The maximum atomic E-state index is 11.7. The lowest BCUT2D eigenvalue weighted by Gasteiger charge is -2.21. The van der Waals surface area contributed by atoms with Crippen molar-refractivity contribution in [3.8, 4) is 5.75 Å². The lowest BCUT2D eigenvalue weighted by molar-refractivity contribution is -0.127. The molecule has 24 heavy (non-hydrogen) atoms. The zero-order valence-corrected chi connectivity index (χ0v) is 15.5. The molecule has 1 aliphatic heterocycles. The molecule has 132 valence electrons. The first kappa shape index (κ1) is 19.0. The minimum Gasteiger partial charge on any atom is -0.484 e. The molecule has 2 amide bonds. The molecule has 0 spiro atoms. The second kappa shape index (κ2) is 10.5. The molecule has 0 unspecified atom stereocenters. The van der Waals surface area contributed by atoms with Gasteiger partial charge in [-0.2, -0.15) is 0 Å². The highest BCUT2D eigenvalue weighted by Crippen LogP contribution is 2.43. The number of amides is 2. The van der Waals surface area contributed by atoms with Gasteiger partial charge in [0.05, 0.1) is 11.1 Å². The number of ether oxygens (including phenoxy) is 1. The van der Waals surface area contributed by atoms with Crippen molar-refractivity contribution in [2.45, 2.75) is 24.3 Å². The van der Waals surface area contributed by atoms with Gasteiger partial charge in [0.2, 0.25) is 5.91 Å². The summed E-state index contributed by atoms with van der Waals surface area (Å²) in [4.78, 5) is 23.1. The van der Waals surface area contributed by atoms with E-state index in [1.807, 2.05) is 42.6 Å². The van der Waals surface area contributed by atoms with E-state index in [1.165, 1.54) is 23.5 Å². The predicted octanol–water partition coefficient (Wildman–Crippen LogP) is 2.58. The molecular formula is C17H24N2O3S2. The van der Waals surface area contributed by atoms with Gasteiger partial charge in [0.15, 0.2) is 6.61 Å². The Morgan fingerprint density at radius 1 is 1.12 bits per heavy atom. The molecule has 0 aliphatic carbocycles. The van der Waals surface area contributed by atoms with Crippen molar-refractivity contribution in [2.75, 3.05) is 31.2 Å². The summed E-state index contributed by atoms with van der Waals surface area (Å²) in [5.41, 5.74) is 1.29. The van der Waals surface area contributed by atoms with E-state index in [0.29, 0.717) is 16.9 Å². The SMILES string of the molecule is CCCNC(=O)CNC(=O)COc1ccc(C2SCCCS2)cc1. The zero-order valence-electron chi connectivity index (χ0n) is 13.9. The molecule has 1 aromatic rings. The van der Waals surface area contributed by atoms with E-state index in [4.69, 9.17) is 4.74 Å². The molecule has 7 heteroatoms. The molecule has 0 radical (unpaired) electrons. The lowest BCUT2D eigenvalue weighted by atomic mass is 10.2. The van der Waals surface area contributed by atoms with E-state index in [-0.39, 0.29) is 25.0 Å². The molecule has 1 saturated heterocycles. The summed E-state index contributed by atoms with van der Waals surface area (Å²) in [6, 6.07) is 7.90. The minimum atomic E-state index is -0.302. The highest BCUT2D eigenvalue weighted by molar-refractivity contribution is 8.16. The molecule has 0 saturated carbocycles. The number of nitrogens with one attached hydrogen (secondary N) is 2. The van der Waals surface area contributed by atoms with Gasteiger partial charge in [0.25, 0.3) is 5.91 Å². The first-order valence-corrected chi connectivity index (χ1v) is 10.3. The second-order valence-corrected chi connectivity index (χ2v) is 8.14. The van der Waals surface area contributed by atoms with Crippen LogP contribution in [-0.2, 0) is 9.59 Å².